The Balaban J connectivity index is 1.87. The lowest BCUT2D eigenvalue weighted by Crippen LogP contribution is -2.05. The van der Waals surface area contributed by atoms with Crippen LogP contribution in [0.15, 0.2) is 48.5 Å². The quantitative estimate of drug-likeness (QED) is 0.642. The van der Waals surface area contributed by atoms with Gasteiger partial charge in [-0.3, -0.25) is 0 Å². The van der Waals surface area contributed by atoms with Gasteiger partial charge in [0.05, 0.1) is 12.7 Å². The van der Waals surface area contributed by atoms with Crippen LogP contribution in [0.1, 0.15) is 27.2 Å². The molecule has 2 aromatic carbocycles. The molecule has 138 valence electrons. The van der Waals surface area contributed by atoms with Gasteiger partial charge in [0, 0.05) is 23.1 Å². The Labute approximate surface area is 158 Å². The number of carbonyl (C=O) groups is 1. The van der Waals surface area contributed by atoms with E-state index in [-0.39, 0.29) is 5.97 Å². The van der Waals surface area contributed by atoms with Crippen molar-refractivity contribution < 1.29 is 9.53 Å². The molecule has 0 amide bonds. The van der Waals surface area contributed by atoms with E-state index in [0.717, 1.165) is 22.5 Å². The normalized spacial score (nSPS) is 10.4. The molecule has 27 heavy (non-hydrogen) atoms. The van der Waals surface area contributed by atoms with E-state index in [0.29, 0.717) is 23.0 Å². The standard InChI is InChI=1S/C21H22N4O2/c1-13-7-5-8-14(2)19(13)24-18-11-15(3)22-21(25-18)23-17-10-6-9-16(12-17)20(26)27-4/h5-12H,1-4H3,(H2,22,23,24,25). The summed E-state index contributed by atoms with van der Waals surface area (Å²) in [7, 11) is 1.36. The van der Waals surface area contributed by atoms with Crippen LogP contribution in [0.3, 0.4) is 0 Å². The molecule has 0 fully saturated rings. The number of aromatic nitrogens is 2. The Morgan fingerprint density at radius 1 is 0.926 bits per heavy atom. The molecule has 0 saturated carbocycles. The van der Waals surface area contributed by atoms with Crippen LogP contribution in [0.25, 0.3) is 0 Å². The van der Waals surface area contributed by atoms with E-state index < -0.39 is 0 Å². The summed E-state index contributed by atoms with van der Waals surface area (Å²) in [5.74, 6) is 0.762. The minimum Gasteiger partial charge on any atom is -0.465 e. The Kier molecular flexibility index (Phi) is 5.35. The second-order valence-electron chi connectivity index (χ2n) is 6.31. The number of benzene rings is 2. The average molecular weight is 362 g/mol. The fraction of sp³-hybridized carbons (Fsp3) is 0.190. The monoisotopic (exact) mass is 362 g/mol. The molecule has 0 aliphatic rings. The molecule has 0 saturated heterocycles. The lowest BCUT2D eigenvalue weighted by molar-refractivity contribution is 0.0601. The average Bonchev–Trinajstić information content (AvgIpc) is 2.64. The molecule has 3 rings (SSSR count). The van der Waals surface area contributed by atoms with Crippen molar-refractivity contribution in [3.05, 3.63) is 70.9 Å². The van der Waals surface area contributed by atoms with Crippen LogP contribution in [0.5, 0.6) is 0 Å². The summed E-state index contributed by atoms with van der Waals surface area (Å²) in [6, 6.07) is 15.1. The molecule has 6 heteroatoms. The number of ether oxygens (including phenoxy) is 1. The Morgan fingerprint density at radius 2 is 1.63 bits per heavy atom. The van der Waals surface area contributed by atoms with Gasteiger partial charge in [-0.2, -0.15) is 4.98 Å². The number of rotatable bonds is 5. The summed E-state index contributed by atoms with van der Waals surface area (Å²) < 4.78 is 4.76. The van der Waals surface area contributed by atoms with Crippen molar-refractivity contribution in [3.8, 4) is 0 Å². The fourth-order valence-electron chi connectivity index (χ4n) is 2.80. The maximum absolute atomic E-state index is 11.7. The smallest absolute Gasteiger partial charge is 0.337 e. The Morgan fingerprint density at radius 3 is 2.33 bits per heavy atom. The minimum atomic E-state index is -0.388. The molecular formula is C21H22N4O2. The van der Waals surface area contributed by atoms with Gasteiger partial charge in [-0.15, -0.1) is 0 Å². The minimum absolute atomic E-state index is 0.388. The van der Waals surface area contributed by atoms with Crippen molar-refractivity contribution in [1.29, 1.82) is 0 Å². The zero-order chi connectivity index (χ0) is 19.4. The van der Waals surface area contributed by atoms with E-state index in [2.05, 4.69) is 46.6 Å². The first-order chi connectivity index (χ1) is 13.0. The number of esters is 1. The number of hydrogen-bond acceptors (Lipinski definition) is 6. The van der Waals surface area contributed by atoms with Crippen LogP contribution in [-0.2, 0) is 4.74 Å². The zero-order valence-corrected chi connectivity index (χ0v) is 15.8. The molecule has 0 radical (unpaired) electrons. The van der Waals surface area contributed by atoms with Gasteiger partial charge in [0.2, 0.25) is 5.95 Å². The molecule has 0 unspecified atom stereocenters. The summed E-state index contributed by atoms with van der Waals surface area (Å²) >= 11 is 0. The molecule has 1 heterocycles. The predicted molar refractivity (Wildman–Crippen MR) is 107 cm³/mol. The van der Waals surface area contributed by atoms with Gasteiger partial charge in [0.15, 0.2) is 0 Å². The summed E-state index contributed by atoms with van der Waals surface area (Å²) in [5, 5.41) is 6.53. The number of nitrogens with zero attached hydrogens (tertiary/aromatic N) is 2. The molecular weight excluding hydrogens is 340 g/mol. The fourth-order valence-corrected chi connectivity index (χ4v) is 2.80. The van der Waals surface area contributed by atoms with Crippen molar-refractivity contribution in [2.24, 2.45) is 0 Å². The summed E-state index contributed by atoms with van der Waals surface area (Å²) in [5.41, 5.74) is 5.32. The van der Waals surface area contributed by atoms with Gasteiger partial charge in [-0.1, -0.05) is 24.3 Å². The van der Waals surface area contributed by atoms with E-state index in [1.165, 1.54) is 7.11 Å². The second-order valence-corrected chi connectivity index (χ2v) is 6.31. The van der Waals surface area contributed by atoms with E-state index in [4.69, 9.17) is 4.74 Å². The first-order valence-corrected chi connectivity index (χ1v) is 8.60. The summed E-state index contributed by atoms with van der Waals surface area (Å²) in [6.07, 6.45) is 0. The number of anilines is 4. The maximum Gasteiger partial charge on any atom is 0.337 e. The van der Waals surface area contributed by atoms with Gasteiger partial charge in [0.25, 0.3) is 0 Å². The number of aryl methyl sites for hydroxylation is 3. The van der Waals surface area contributed by atoms with Gasteiger partial charge in [0.1, 0.15) is 5.82 Å². The lowest BCUT2D eigenvalue weighted by Gasteiger charge is -2.14. The maximum atomic E-state index is 11.7. The zero-order valence-electron chi connectivity index (χ0n) is 15.8. The highest BCUT2D eigenvalue weighted by Gasteiger charge is 2.09. The van der Waals surface area contributed by atoms with Crippen LogP contribution in [-0.4, -0.2) is 23.0 Å². The van der Waals surface area contributed by atoms with Crippen molar-refractivity contribution >= 4 is 29.1 Å². The van der Waals surface area contributed by atoms with Crippen LogP contribution in [0.4, 0.5) is 23.1 Å². The highest BCUT2D eigenvalue weighted by molar-refractivity contribution is 5.90. The first kappa shape index (κ1) is 18.4. The Bertz CT molecular complexity index is 965. The van der Waals surface area contributed by atoms with Crippen molar-refractivity contribution in [3.63, 3.8) is 0 Å². The Hall–Kier alpha value is -3.41. The number of methoxy groups -OCH3 is 1. The van der Waals surface area contributed by atoms with Crippen LogP contribution < -0.4 is 10.6 Å². The van der Waals surface area contributed by atoms with Crippen molar-refractivity contribution in [2.75, 3.05) is 17.7 Å². The van der Waals surface area contributed by atoms with Gasteiger partial charge in [-0.25, -0.2) is 9.78 Å². The number of carbonyl (C=O) groups excluding carboxylic acids is 1. The molecule has 0 aliphatic heterocycles. The summed E-state index contributed by atoms with van der Waals surface area (Å²) in [6.45, 7) is 6.02. The van der Waals surface area contributed by atoms with Crippen LogP contribution >= 0.6 is 0 Å². The van der Waals surface area contributed by atoms with E-state index >= 15 is 0 Å². The molecule has 0 aliphatic carbocycles. The number of hydrogen-bond donors (Lipinski definition) is 2. The number of para-hydroxylation sites is 1. The molecule has 6 nitrogen and oxygen atoms in total. The third-order valence-corrected chi connectivity index (χ3v) is 4.13. The largest absolute Gasteiger partial charge is 0.465 e. The van der Waals surface area contributed by atoms with Gasteiger partial charge in [-0.05, 0) is 50.1 Å². The van der Waals surface area contributed by atoms with E-state index in [1.54, 1.807) is 18.2 Å². The predicted octanol–water partition coefficient (Wildman–Crippen LogP) is 4.68. The summed E-state index contributed by atoms with van der Waals surface area (Å²) in [4.78, 5) is 20.7. The van der Waals surface area contributed by atoms with Gasteiger partial charge >= 0.3 is 5.97 Å². The SMILES string of the molecule is COC(=O)c1cccc(Nc2nc(C)cc(Nc3c(C)cccc3C)n2)c1. The molecule has 3 aromatic rings. The molecule has 0 spiro atoms. The lowest BCUT2D eigenvalue weighted by atomic mass is 10.1. The molecule has 2 N–H and O–H groups in total. The highest BCUT2D eigenvalue weighted by Crippen LogP contribution is 2.25. The van der Waals surface area contributed by atoms with E-state index in [1.807, 2.05) is 25.1 Å². The third kappa shape index (κ3) is 4.41. The topological polar surface area (TPSA) is 76.1 Å². The molecule has 0 atom stereocenters. The second kappa shape index (κ2) is 7.86. The molecule has 1 aromatic heterocycles. The van der Waals surface area contributed by atoms with Crippen LogP contribution in [0.2, 0.25) is 0 Å². The molecule has 0 bridgehead atoms. The van der Waals surface area contributed by atoms with Crippen molar-refractivity contribution in [1.82, 2.24) is 9.97 Å². The highest BCUT2D eigenvalue weighted by atomic mass is 16.5. The van der Waals surface area contributed by atoms with Crippen molar-refractivity contribution in [2.45, 2.75) is 20.8 Å². The third-order valence-electron chi connectivity index (χ3n) is 4.13. The van der Waals surface area contributed by atoms with Gasteiger partial charge < -0.3 is 15.4 Å². The number of nitrogens with one attached hydrogen (secondary N) is 2. The van der Waals surface area contributed by atoms with Crippen LogP contribution in [0, 0.1) is 20.8 Å². The van der Waals surface area contributed by atoms with E-state index in [9.17, 15) is 4.79 Å². The first-order valence-electron chi connectivity index (χ1n) is 8.60.